The first kappa shape index (κ1) is 16.4. The molecule has 0 aliphatic carbocycles. The maximum absolute atomic E-state index is 10.6. The van der Waals surface area contributed by atoms with Crippen LogP contribution in [0.15, 0.2) is 23.8 Å². The molecular formula is C15H25ClO. The third-order valence-corrected chi connectivity index (χ3v) is 2.85. The van der Waals surface area contributed by atoms with Crippen LogP contribution in [0, 0.1) is 11.8 Å². The lowest BCUT2D eigenvalue weighted by atomic mass is 9.97. The molecule has 0 aromatic heterocycles. The number of rotatable bonds is 8. The van der Waals surface area contributed by atoms with Crippen molar-refractivity contribution < 1.29 is 4.79 Å². The highest BCUT2D eigenvalue weighted by atomic mass is 35.5. The summed E-state index contributed by atoms with van der Waals surface area (Å²) < 4.78 is 0. The van der Waals surface area contributed by atoms with Gasteiger partial charge in [-0.05, 0) is 42.4 Å². The lowest BCUT2D eigenvalue weighted by Gasteiger charge is -2.09. The third-order valence-electron chi connectivity index (χ3n) is 2.74. The molecule has 0 bridgehead atoms. The molecule has 0 heterocycles. The van der Waals surface area contributed by atoms with Crippen LogP contribution < -0.4 is 0 Å². The molecule has 1 atom stereocenters. The van der Waals surface area contributed by atoms with E-state index in [1.165, 1.54) is 25.3 Å². The number of allylic oxidation sites excluding steroid dienone is 4. The lowest BCUT2D eigenvalue weighted by molar-refractivity contribution is -0.107. The molecule has 2 heteroatoms. The smallest absolute Gasteiger partial charge is 0.245 e. The zero-order valence-electron chi connectivity index (χ0n) is 11.5. The van der Waals surface area contributed by atoms with Gasteiger partial charge in [-0.25, -0.2) is 0 Å². The summed E-state index contributed by atoms with van der Waals surface area (Å²) in [6.45, 7) is 8.69. The maximum Gasteiger partial charge on any atom is 0.245 e. The largest absolute Gasteiger partial charge is 0.276 e. The molecule has 0 aliphatic heterocycles. The summed E-state index contributed by atoms with van der Waals surface area (Å²) in [4.78, 5) is 10.6. The number of hydrogen-bond donors (Lipinski definition) is 0. The highest BCUT2D eigenvalue weighted by Gasteiger charge is 2.01. The van der Waals surface area contributed by atoms with Crippen LogP contribution in [0.5, 0.6) is 0 Å². The topological polar surface area (TPSA) is 17.1 Å². The van der Waals surface area contributed by atoms with E-state index in [-0.39, 0.29) is 0 Å². The molecule has 0 N–H and O–H groups in total. The molecule has 0 aromatic carbocycles. The number of carbonyl (C=O) groups is 1. The van der Waals surface area contributed by atoms with Crippen LogP contribution in [0.3, 0.4) is 0 Å². The van der Waals surface area contributed by atoms with Gasteiger partial charge in [-0.2, -0.15) is 0 Å². The van der Waals surface area contributed by atoms with Crippen molar-refractivity contribution >= 4 is 16.8 Å². The average Bonchev–Trinajstić information content (AvgIpc) is 2.15. The van der Waals surface area contributed by atoms with Gasteiger partial charge >= 0.3 is 0 Å². The molecule has 0 aromatic rings. The van der Waals surface area contributed by atoms with Crippen molar-refractivity contribution in [1.82, 2.24) is 0 Å². The van der Waals surface area contributed by atoms with E-state index >= 15 is 0 Å². The fraction of sp³-hybridized carbons (Fsp3) is 0.667. The summed E-state index contributed by atoms with van der Waals surface area (Å²) in [6, 6.07) is 0. The Hall–Kier alpha value is -0.560. The van der Waals surface area contributed by atoms with Gasteiger partial charge in [-0.15, -0.1) is 0 Å². The average molecular weight is 257 g/mol. The van der Waals surface area contributed by atoms with Crippen molar-refractivity contribution in [3.05, 3.63) is 23.8 Å². The fourth-order valence-electron chi connectivity index (χ4n) is 1.71. The van der Waals surface area contributed by atoms with Crippen LogP contribution >= 0.6 is 11.6 Å². The molecule has 0 unspecified atom stereocenters. The molecule has 0 fully saturated rings. The fourth-order valence-corrected chi connectivity index (χ4v) is 1.88. The van der Waals surface area contributed by atoms with Crippen LogP contribution in [0.2, 0.25) is 0 Å². The Morgan fingerprint density at radius 3 is 2.41 bits per heavy atom. The lowest BCUT2D eigenvalue weighted by Crippen LogP contribution is -1.95. The molecule has 1 nitrogen and oxygen atoms in total. The Morgan fingerprint density at radius 2 is 1.88 bits per heavy atom. The summed E-state index contributed by atoms with van der Waals surface area (Å²) in [6.07, 6.45) is 10.5. The molecule has 0 saturated heterocycles. The van der Waals surface area contributed by atoms with Crippen LogP contribution in [-0.2, 0) is 4.79 Å². The summed E-state index contributed by atoms with van der Waals surface area (Å²) in [5.74, 6) is 1.52. The summed E-state index contributed by atoms with van der Waals surface area (Å²) in [5.41, 5.74) is 0.916. The molecule has 0 spiro atoms. The van der Waals surface area contributed by atoms with Gasteiger partial charge in [0.1, 0.15) is 0 Å². The Balaban J connectivity index is 3.79. The summed E-state index contributed by atoms with van der Waals surface area (Å²) in [5, 5.41) is -0.405. The molecule has 0 rings (SSSR count). The second-order valence-electron chi connectivity index (χ2n) is 5.26. The van der Waals surface area contributed by atoms with Crippen LogP contribution in [0.1, 0.15) is 53.4 Å². The Kier molecular flexibility index (Phi) is 9.16. The third kappa shape index (κ3) is 11.7. The van der Waals surface area contributed by atoms with E-state index in [0.29, 0.717) is 5.92 Å². The second kappa shape index (κ2) is 9.47. The van der Waals surface area contributed by atoms with E-state index in [9.17, 15) is 4.79 Å². The minimum atomic E-state index is -0.405. The van der Waals surface area contributed by atoms with Gasteiger partial charge in [-0.3, -0.25) is 4.79 Å². The van der Waals surface area contributed by atoms with Gasteiger partial charge < -0.3 is 0 Å². The molecule has 0 saturated carbocycles. The molecular weight excluding hydrogens is 232 g/mol. The van der Waals surface area contributed by atoms with Crippen molar-refractivity contribution in [3.63, 3.8) is 0 Å². The minimum Gasteiger partial charge on any atom is -0.276 e. The molecule has 98 valence electrons. The number of carbonyl (C=O) groups excluding carboxylic acids is 1. The van der Waals surface area contributed by atoms with Gasteiger partial charge in [-0.1, -0.05) is 52.2 Å². The van der Waals surface area contributed by atoms with Crippen LogP contribution in [0.4, 0.5) is 0 Å². The predicted octanol–water partition coefficient (Wildman–Crippen LogP) is 5.11. The highest BCUT2D eigenvalue weighted by Crippen LogP contribution is 2.15. The van der Waals surface area contributed by atoms with Crippen LogP contribution in [-0.4, -0.2) is 5.24 Å². The standard InChI is InChI=1S/C15H25ClO/c1-12(2)7-5-8-13(3)9-6-10-14(4)11-15(16)17/h6,10-13H,5,7-9H2,1-4H3/b10-6+,14-11+/t13-/m0/s1. The maximum atomic E-state index is 10.6. The van der Waals surface area contributed by atoms with E-state index in [1.807, 2.05) is 13.0 Å². The van der Waals surface area contributed by atoms with Crippen molar-refractivity contribution in [1.29, 1.82) is 0 Å². The Bertz CT molecular complexity index is 277. The summed E-state index contributed by atoms with van der Waals surface area (Å²) >= 11 is 5.26. The first-order valence-electron chi connectivity index (χ1n) is 6.46. The molecule has 17 heavy (non-hydrogen) atoms. The van der Waals surface area contributed by atoms with Crippen LogP contribution in [0.25, 0.3) is 0 Å². The Morgan fingerprint density at radius 1 is 1.24 bits per heavy atom. The summed E-state index contributed by atoms with van der Waals surface area (Å²) in [7, 11) is 0. The van der Waals surface area contributed by atoms with Gasteiger partial charge in [0.15, 0.2) is 0 Å². The quantitative estimate of drug-likeness (QED) is 0.335. The van der Waals surface area contributed by atoms with E-state index in [0.717, 1.165) is 17.9 Å². The molecule has 0 aliphatic rings. The molecule has 0 amide bonds. The van der Waals surface area contributed by atoms with Crippen molar-refractivity contribution in [3.8, 4) is 0 Å². The van der Waals surface area contributed by atoms with Gasteiger partial charge in [0.05, 0.1) is 0 Å². The van der Waals surface area contributed by atoms with E-state index in [2.05, 4.69) is 26.8 Å². The first-order chi connectivity index (χ1) is 7.91. The van der Waals surface area contributed by atoms with Crippen molar-refractivity contribution in [2.24, 2.45) is 11.8 Å². The van der Waals surface area contributed by atoms with Crippen molar-refractivity contribution in [2.75, 3.05) is 0 Å². The Labute approximate surface area is 111 Å². The zero-order chi connectivity index (χ0) is 13.3. The minimum absolute atomic E-state index is 0.405. The SMILES string of the molecule is CC(/C=C/C[C@@H](C)CCCC(C)C)=C\C(=O)Cl. The van der Waals surface area contributed by atoms with E-state index < -0.39 is 5.24 Å². The first-order valence-corrected chi connectivity index (χ1v) is 6.84. The zero-order valence-corrected chi connectivity index (χ0v) is 12.3. The van der Waals surface area contributed by atoms with Crippen molar-refractivity contribution in [2.45, 2.75) is 53.4 Å². The normalized spacial score (nSPS) is 14.6. The predicted molar refractivity (Wildman–Crippen MR) is 76.2 cm³/mol. The van der Waals surface area contributed by atoms with Gasteiger partial charge in [0, 0.05) is 6.08 Å². The van der Waals surface area contributed by atoms with E-state index in [4.69, 9.17) is 11.6 Å². The monoisotopic (exact) mass is 256 g/mol. The van der Waals surface area contributed by atoms with E-state index in [1.54, 1.807) is 0 Å². The molecule has 0 radical (unpaired) electrons. The number of halogens is 1. The highest BCUT2D eigenvalue weighted by molar-refractivity contribution is 6.66. The number of hydrogen-bond acceptors (Lipinski definition) is 1. The second-order valence-corrected chi connectivity index (χ2v) is 5.63. The van der Waals surface area contributed by atoms with Gasteiger partial charge in [0.25, 0.3) is 0 Å². The van der Waals surface area contributed by atoms with Gasteiger partial charge in [0.2, 0.25) is 5.24 Å².